The summed E-state index contributed by atoms with van der Waals surface area (Å²) >= 11 is 0. The Balaban J connectivity index is 1.84. The molecule has 0 bridgehead atoms. The number of hydrogen-bond acceptors (Lipinski definition) is 3. The smallest absolute Gasteiger partial charge is 0.410 e. The number of carbonyl (C=O) groups is 1. The molecule has 112 valence electrons. The van der Waals surface area contributed by atoms with E-state index < -0.39 is 0 Å². The Hall–Kier alpha value is -2.01. The van der Waals surface area contributed by atoms with Crippen molar-refractivity contribution in [1.29, 1.82) is 0 Å². The van der Waals surface area contributed by atoms with Crippen molar-refractivity contribution in [3.63, 3.8) is 0 Å². The molecule has 1 atom stereocenters. The quantitative estimate of drug-likeness (QED) is 0.939. The van der Waals surface area contributed by atoms with E-state index in [9.17, 15) is 4.79 Å². The van der Waals surface area contributed by atoms with E-state index in [-0.39, 0.29) is 12.1 Å². The molecule has 1 saturated heterocycles. The van der Waals surface area contributed by atoms with E-state index in [0.717, 1.165) is 24.0 Å². The van der Waals surface area contributed by atoms with Crippen LogP contribution in [0.1, 0.15) is 17.3 Å². The Kier molecular flexibility index (Phi) is 3.59. The van der Waals surface area contributed by atoms with E-state index in [1.807, 2.05) is 0 Å². The maximum Gasteiger partial charge on any atom is 0.410 e. The van der Waals surface area contributed by atoms with Crippen molar-refractivity contribution in [1.82, 2.24) is 14.8 Å². The molecule has 1 amide bonds. The van der Waals surface area contributed by atoms with Crippen LogP contribution in [-0.4, -0.2) is 55.2 Å². The molecule has 21 heavy (non-hydrogen) atoms. The number of rotatable bonds is 4. The molecule has 1 N–H and O–H groups in total. The Labute approximate surface area is 124 Å². The number of hydrogen-bond donors (Lipinski definition) is 1. The molecule has 1 aliphatic heterocycles. The van der Waals surface area contributed by atoms with Gasteiger partial charge in [-0.3, -0.25) is 0 Å². The standard InChI is InChI=1S/C16H21N3O2/c1-18(2)7-6-13-9-12-8-11(4-5-14(12)17-13)15-10-21-16(20)19(15)3/h4-5,8-9,15,17H,6-7,10H2,1-3H3. The van der Waals surface area contributed by atoms with Crippen LogP contribution in [0.25, 0.3) is 10.9 Å². The molecular formula is C16H21N3O2. The second kappa shape index (κ2) is 5.41. The topological polar surface area (TPSA) is 48.6 Å². The highest BCUT2D eigenvalue weighted by atomic mass is 16.6. The fourth-order valence-corrected chi connectivity index (χ4v) is 2.71. The first-order chi connectivity index (χ1) is 10.0. The minimum Gasteiger partial charge on any atom is -0.447 e. The van der Waals surface area contributed by atoms with Crippen molar-refractivity contribution < 1.29 is 9.53 Å². The van der Waals surface area contributed by atoms with E-state index in [0.29, 0.717) is 6.61 Å². The number of carbonyl (C=O) groups excluding carboxylic acids is 1. The normalized spacial score (nSPS) is 18.8. The molecule has 1 unspecified atom stereocenters. The number of nitrogens with one attached hydrogen (secondary N) is 1. The molecular weight excluding hydrogens is 266 g/mol. The highest BCUT2D eigenvalue weighted by Crippen LogP contribution is 2.28. The van der Waals surface area contributed by atoms with E-state index in [2.05, 4.69) is 48.2 Å². The van der Waals surface area contributed by atoms with E-state index in [4.69, 9.17) is 4.74 Å². The molecule has 0 radical (unpaired) electrons. The molecule has 2 heterocycles. The van der Waals surface area contributed by atoms with Crippen LogP contribution in [0.5, 0.6) is 0 Å². The molecule has 0 spiro atoms. The van der Waals surface area contributed by atoms with Crippen LogP contribution in [0.3, 0.4) is 0 Å². The fourth-order valence-electron chi connectivity index (χ4n) is 2.71. The van der Waals surface area contributed by atoms with Gasteiger partial charge in [0, 0.05) is 31.2 Å². The van der Waals surface area contributed by atoms with Gasteiger partial charge in [-0.25, -0.2) is 4.79 Å². The minimum absolute atomic E-state index is 0.0158. The summed E-state index contributed by atoms with van der Waals surface area (Å²) in [4.78, 5) is 18.7. The van der Waals surface area contributed by atoms with Crippen molar-refractivity contribution in [3.8, 4) is 0 Å². The van der Waals surface area contributed by atoms with Crippen molar-refractivity contribution in [2.24, 2.45) is 0 Å². The molecule has 5 heteroatoms. The van der Waals surface area contributed by atoms with Gasteiger partial charge in [0.25, 0.3) is 0 Å². The number of nitrogens with zero attached hydrogens (tertiary/aromatic N) is 2. The third-order valence-electron chi connectivity index (χ3n) is 4.03. The molecule has 1 fully saturated rings. The van der Waals surface area contributed by atoms with Crippen molar-refractivity contribution in [2.45, 2.75) is 12.5 Å². The highest BCUT2D eigenvalue weighted by molar-refractivity contribution is 5.81. The summed E-state index contributed by atoms with van der Waals surface area (Å²) in [5, 5.41) is 1.19. The van der Waals surface area contributed by atoms with Gasteiger partial charge in [-0.1, -0.05) is 6.07 Å². The summed E-state index contributed by atoms with van der Waals surface area (Å²) < 4.78 is 5.09. The number of ether oxygens (including phenoxy) is 1. The van der Waals surface area contributed by atoms with Crippen LogP contribution in [0.4, 0.5) is 4.79 Å². The molecule has 5 nitrogen and oxygen atoms in total. The lowest BCUT2D eigenvalue weighted by molar-refractivity contribution is 0.163. The molecule has 2 aromatic rings. The maximum absolute atomic E-state index is 11.5. The number of fused-ring (bicyclic) bond motifs is 1. The third kappa shape index (κ3) is 2.74. The van der Waals surface area contributed by atoms with Gasteiger partial charge in [0.1, 0.15) is 6.61 Å². The number of likely N-dealkylation sites (N-methyl/N-ethyl adjacent to an activating group) is 2. The van der Waals surface area contributed by atoms with Crippen molar-refractivity contribution in [3.05, 3.63) is 35.5 Å². The van der Waals surface area contributed by atoms with Gasteiger partial charge in [0.2, 0.25) is 0 Å². The van der Waals surface area contributed by atoms with Crippen molar-refractivity contribution >= 4 is 17.0 Å². The average molecular weight is 287 g/mol. The molecule has 1 aliphatic rings. The van der Waals surface area contributed by atoms with Gasteiger partial charge >= 0.3 is 6.09 Å². The van der Waals surface area contributed by atoms with Crippen LogP contribution >= 0.6 is 0 Å². The predicted molar refractivity (Wildman–Crippen MR) is 82.4 cm³/mol. The minimum atomic E-state index is -0.249. The molecule has 1 aromatic carbocycles. The molecule has 1 aromatic heterocycles. The number of H-pyrrole nitrogens is 1. The van der Waals surface area contributed by atoms with E-state index >= 15 is 0 Å². The lowest BCUT2D eigenvalue weighted by Gasteiger charge is -2.16. The zero-order valence-electron chi connectivity index (χ0n) is 12.7. The zero-order chi connectivity index (χ0) is 15.0. The summed E-state index contributed by atoms with van der Waals surface area (Å²) in [5.74, 6) is 0. The predicted octanol–water partition coefficient (Wildman–Crippen LogP) is 2.40. The lowest BCUT2D eigenvalue weighted by atomic mass is 10.1. The van der Waals surface area contributed by atoms with Crippen LogP contribution in [-0.2, 0) is 11.2 Å². The first-order valence-corrected chi connectivity index (χ1v) is 7.20. The van der Waals surface area contributed by atoms with Crippen LogP contribution in [0.2, 0.25) is 0 Å². The molecule has 0 saturated carbocycles. The Morgan fingerprint density at radius 2 is 2.19 bits per heavy atom. The van der Waals surface area contributed by atoms with Gasteiger partial charge in [-0.05, 0) is 43.2 Å². The van der Waals surface area contributed by atoms with Gasteiger partial charge in [0.15, 0.2) is 0 Å². The maximum atomic E-state index is 11.5. The number of aromatic nitrogens is 1. The number of amides is 1. The number of cyclic esters (lactones) is 1. The van der Waals surface area contributed by atoms with Crippen LogP contribution in [0.15, 0.2) is 24.3 Å². The second-order valence-electron chi connectivity index (χ2n) is 5.90. The Morgan fingerprint density at radius 3 is 2.86 bits per heavy atom. The monoisotopic (exact) mass is 287 g/mol. The largest absolute Gasteiger partial charge is 0.447 e. The Morgan fingerprint density at radius 1 is 1.38 bits per heavy atom. The fraction of sp³-hybridized carbons (Fsp3) is 0.438. The molecule has 3 rings (SSSR count). The van der Waals surface area contributed by atoms with Gasteiger partial charge < -0.3 is 19.5 Å². The number of benzene rings is 1. The van der Waals surface area contributed by atoms with Crippen LogP contribution < -0.4 is 0 Å². The average Bonchev–Trinajstić information content (AvgIpc) is 3.00. The summed E-state index contributed by atoms with van der Waals surface area (Å²) in [6, 6.07) is 8.51. The van der Waals surface area contributed by atoms with Gasteiger partial charge in [-0.2, -0.15) is 0 Å². The summed E-state index contributed by atoms with van der Waals surface area (Å²) in [5.41, 5.74) is 3.50. The molecule has 0 aliphatic carbocycles. The van der Waals surface area contributed by atoms with Gasteiger partial charge in [-0.15, -0.1) is 0 Å². The zero-order valence-corrected chi connectivity index (χ0v) is 12.7. The first kappa shape index (κ1) is 13.9. The lowest BCUT2D eigenvalue weighted by Crippen LogP contribution is -2.22. The van der Waals surface area contributed by atoms with Crippen LogP contribution in [0, 0.1) is 0 Å². The summed E-state index contributed by atoms with van der Waals surface area (Å²) in [6.45, 7) is 1.45. The van der Waals surface area contributed by atoms with E-state index in [1.54, 1.807) is 11.9 Å². The number of aromatic amines is 1. The highest BCUT2D eigenvalue weighted by Gasteiger charge is 2.30. The first-order valence-electron chi connectivity index (χ1n) is 7.20. The summed E-state index contributed by atoms with van der Waals surface area (Å²) in [6.07, 6.45) is 0.753. The third-order valence-corrected chi connectivity index (χ3v) is 4.03. The SMILES string of the molecule is CN(C)CCc1cc2cc(C3COC(=O)N3C)ccc2[nH]1. The Bertz CT molecular complexity index is 663. The van der Waals surface area contributed by atoms with Crippen molar-refractivity contribution in [2.75, 3.05) is 34.3 Å². The van der Waals surface area contributed by atoms with E-state index in [1.165, 1.54) is 11.1 Å². The summed E-state index contributed by atoms with van der Waals surface area (Å²) in [7, 11) is 5.94. The second-order valence-corrected chi connectivity index (χ2v) is 5.90. The van der Waals surface area contributed by atoms with Gasteiger partial charge in [0.05, 0.1) is 6.04 Å².